The number of aryl methyl sites for hydroxylation is 1. The number of benzene rings is 2. The van der Waals surface area contributed by atoms with Gasteiger partial charge in [0, 0.05) is 76.6 Å². The summed E-state index contributed by atoms with van der Waals surface area (Å²) >= 11 is 0. The molecule has 6 amide bonds. The van der Waals surface area contributed by atoms with Crippen LogP contribution in [0.5, 0.6) is 0 Å². The zero-order valence-corrected chi connectivity index (χ0v) is 34.8. The number of likely N-dealkylation sites (tertiary alicyclic amines) is 2. The Morgan fingerprint density at radius 3 is 1.81 bits per heavy atom. The molecular weight excluding hydrogens is 835 g/mol. The molecule has 8 rings (SSSR count). The molecule has 336 valence electrons. The SMILES string of the molecule is CNC(=O)N1CCCc2[nH]nc(C(=O)N3CCC(c4ccc(-n5nc(C(=O)N6CCC(c7ccccc7C(F)(F)F)CC6)c6c5CCN(C(=O)NC)C6)cc4C(F)(F)F)CC3)c2C1. The molecule has 2 aromatic heterocycles. The van der Waals surface area contributed by atoms with Crippen molar-refractivity contribution in [1.29, 1.82) is 0 Å². The Hall–Kier alpha value is -6.08. The van der Waals surface area contributed by atoms with Gasteiger partial charge in [-0.15, -0.1) is 0 Å². The third kappa shape index (κ3) is 8.55. The highest BCUT2D eigenvalue weighted by Crippen LogP contribution is 2.42. The molecule has 4 aromatic rings. The number of fused-ring (bicyclic) bond motifs is 2. The topological polar surface area (TPSA) is 152 Å². The zero-order chi connectivity index (χ0) is 44.8. The number of amides is 6. The van der Waals surface area contributed by atoms with Crippen LogP contribution in [0, 0.1) is 0 Å². The zero-order valence-electron chi connectivity index (χ0n) is 34.8. The number of rotatable bonds is 5. The van der Waals surface area contributed by atoms with Gasteiger partial charge in [-0.1, -0.05) is 24.3 Å². The lowest BCUT2D eigenvalue weighted by molar-refractivity contribution is -0.139. The van der Waals surface area contributed by atoms with Crippen molar-refractivity contribution >= 4 is 23.9 Å². The van der Waals surface area contributed by atoms with E-state index in [1.54, 1.807) is 15.9 Å². The summed E-state index contributed by atoms with van der Waals surface area (Å²) in [5.74, 6) is -1.84. The van der Waals surface area contributed by atoms with Gasteiger partial charge in [0.05, 0.1) is 35.6 Å². The van der Waals surface area contributed by atoms with E-state index in [-0.39, 0.29) is 118 Å². The number of hydrogen-bond donors (Lipinski definition) is 3. The normalized spacial score (nSPS) is 17.8. The van der Waals surface area contributed by atoms with E-state index >= 15 is 13.2 Å². The van der Waals surface area contributed by atoms with Gasteiger partial charge in [-0.05, 0) is 79.7 Å². The summed E-state index contributed by atoms with van der Waals surface area (Å²) in [6.45, 7) is 1.54. The number of nitrogens with one attached hydrogen (secondary N) is 3. The molecule has 0 atom stereocenters. The van der Waals surface area contributed by atoms with E-state index < -0.39 is 47.3 Å². The maximum atomic E-state index is 15.0. The van der Waals surface area contributed by atoms with Gasteiger partial charge in [-0.3, -0.25) is 14.7 Å². The molecule has 14 nitrogen and oxygen atoms in total. The minimum absolute atomic E-state index is 0.0274. The number of piperidine rings is 2. The maximum Gasteiger partial charge on any atom is 0.416 e. The minimum atomic E-state index is -4.77. The predicted octanol–water partition coefficient (Wildman–Crippen LogP) is 6.46. The van der Waals surface area contributed by atoms with Crippen LogP contribution in [-0.4, -0.2) is 117 Å². The lowest BCUT2D eigenvalue weighted by Crippen LogP contribution is -2.42. The third-order valence-corrected chi connectivity index (χ3v) is 12.9. The van der Waals surface area contributed by atoms with Crippen molar-refractivity contribution in [3.8, 4) is 5.69 Å². The predicted molar refractivity (Wildman–Crippen MR) is 216 cm³/mol. The second-order valence-corrected chi connectivity index (χ2v) is 16.5. The molecule has 2 saturated heterocycles. The first-order chi connectivity index (χ1) is 30.1. The molecule has 4 aliphatic rings. The lowest BCUT2D eigenvalue weighted by Gasteiger charge is -2.33. The van der Waals surface area contributed by atoms with Crippen LogP contribution in [0.3, 0.4) is 0 Å². The van der Waals surface area contributed by atoms with Crippen LogP contribution in [0.4, 0.5) is 35.9 Å². The summed E-state index contributed by atoms with van der Waals surface area (Å²) in [6.07, 6.45) is -6.76. The van der Waals surface area contributed by atoms with Gasteiger partial charge in [0.1, 0.15) is 0 Å². The third-order valence-electron chi connectivity index (χ3n) is 12.9. The fourth-order valence-electron chi connectivity index (χ4n) is 9.61. The van der Waals surface area contributed by atoms with E-state index in [0.29, 0.717) is 36.2 Å². The fourth-order valence-corrected chi connectivity index (χ4v) is 9.61. The first-order valence-corrected chi connectivity index (χ1v) is 21.1. The van der Waals surface area contributed by atoms with Gasteiger partial charge in [0.15, 0.2) is 11.4 Å². The van der Waals surface area contributed by atoms with Crippen molar-refractivity contribution in [2.45, 2.75) is 82.2 Å². The number of carbonyl (C=O) groups excluding carboxylic acids is 4. The molecular formula is C43H48F6N10O4. The van der Waals surface area contributed by atoms with E-state index in [0.717, 1.165) is 17.8 Å². The van der Waals surface area contributed by atoms with Crippen LogP contribution in [0.1, 0.15) is 110 Å². The summed E-state index contributed by atoms with van der Waals surface area (Å²) in [7, 11) is 3.00. The van der Waals surface area contributed by atoms with E-state index in [4.69, 9.17) is 0 Å². The van der Waals surface area contributed by atoms with Gasteiger partial charge in [0.25, 0.3) is 11.8 Å². The van der Waals surface area contributed by atoms with Crippen LogP contribution in [-0.2, 0) is 38.3 Å². The van der Waals surface area contributed by atoms with Crippen molar-refractivity contribution in [3.05, 3.63) is 98.6 Å². The Morgan fingerprint density at radius 2 is 1.21 bits per heavy atom. The number of aromatic nitrogens is 4. The van der Waals surface area contributed by atoms with Crippen molar-refractivity contribution in [3.63, 3.8) is 0 Å². The molecule has 0 aliphatic carbocycles. The van der Waals surface area contributed by atoms with Crippen molar-refractivity contribution in [1.82, 2.24) is 50.2 Å². The van der Waals surface area contributed by atoms with Crippen LogP contribution < -0.4 is 10.6 Å². The van der Waals surface area contributed by atoms with Crippen molar-refractivity contribution in [2.75, 3.05) is 53.4 Å². The molecule has 20 heteroatoms. The van der Waals surface area contributed by atoms with Gasteiger partial charge in [0.2, 0.25) is 0 Å². The summed E-state index contributed by atoms with van der Waals surface area (Å²) in [5.41, 5.74) is 1.22. The molecule has 6 heterocycles. The lowest BCUT2D eigenvalue weighted by atomic mass is 9.86. The molecule has 0 radical (unpaired) electrons. The van der Waals surface area contributed by atoms with Crippen molar-refractivity contribution < 1.29 is 45.5 Å². The molecule has 2 aromatic carbocycles. The second kappa shape index (κ2) is 17.2. The minimum Gasteiger partial charge on any atom is -0.341 e. The highest BCUT2D eigenvalue weighted by atomic mass is 19.4. The number of urea groups is 2. The number of aromatic amines is 1. The number of halogens is 6. The second-order valence-electron chi connectivity index (χ2n) is 16.5. The van der Waals surface area contributed by atoms with Crippen molar-refractivity contribution in [2.24, 2.45) is 0 Å². The van der Waals surface area contributed by atoms with E-state index in [1.165, 1.54) is 52.8 Å². The molecule has 2 fully saturated rings. The first-order valence-electron chi connectivity index (χ1n) is 21.1. The van der Waals surface area contributed by atoms with Crippen LogP contribution in [0.25, 0.3) is 5.69 Å². The van der Waals surface area contributed by atoms with Crippen LogP contribution in [0.2, 0.25) is 0 Å². The highest BCUT2D eigenvalue weighted by molar-refractivity contribution is 5.95. The summed E-state index contributed by atoms with van der Waals surface area (Å²) in [5, 5.41) is 17.1. The maximum absolute atomic E-state index is 15.0. The quantitative estimate of drug-likeness (QED) is 0.196. The molecule has 4 aliphatic heterocycles. The number of H-pyrrole nitrogens is 1. The van der Waals surface area contributed by atoms with Crippen LogP contribution >= 0.6 is 0 Å². The summed E-state index contributed by atoms with van der Waals surface area (Å²) < 4.78 is 87.9. The first kappa shape index (κ1) is 43.6. The Labute approximate surface area is 358 Å². The molecule has 0 unspecified atom stereocenters. The van der Waals surface area contributed by atoms with Gasteiger partial charge in [-0.2, -0.15) is 36.5 Å². The summed E-state index contributed by atoms with van der Waals surface area (Å²) in [6, 6.07) is 8.73. The largest absolute Gasteiger partial charge is 0.416 e. The average Bonchev–Trinajstić information content (AvgIpc) is 3.80. The number of nitrogens with zero attached hydrogens (tertiary/aromatic N) is 7. The summed E-state index contributed by atoms with van der Waals surface area (Å²) in [4.78, 5) is 59.3. The smallest absolute Gasteiger partial charge is 0.341 e. The molecule has 0 bridgehead atoms. The Morgan fingerprint density at radius 1 is 0.651 bits per heavy atom. The van der Waals surface area contributed by atoms with Gasteiger partial charge in [-0.25, -0.2) is 14.3 Å². The molecule has 0 spiro atoms. The number of carbonyl (C=O) groups is 4. The Bertz CT molecular complexity index is 2390. The number of alkyl halides is 6. The van der Waals surface area contributed by atoms with Crippen LogP contribution in [0.15, 0.2) is 42.5 Å². The molecule has 63 heavy (non-hydrogen) atoms. The van der Waals surface area contributed by atoms with E-state index in [9.17, 15) is 32.3 Å². The monoisotopic (exact) mass is 882 g/mol. The van der Waals surface area contributed by atoms with Gasteiger partial charge < -0.3 is 30.2 Å². The molecule has 3 N–H and O–H groups in total. The van der Waals surface area contributed by atoms with E-state index in [1.807, 2.05) is 0 Å². The standard InChI is InChI=1S/C43H48F6N10O4/c1-50-40(62)57-16-5-8-34-30(23-57)36(53-52-34)38(60)55-17-13-26(14-18-55)29-10-9-27(22-33(29)43(47,48)49)59-35-15-21-58(41(63)51-2)24-31(35)37(54-59)39(61)56-19-11-25(12-20-56)28-6-3-4-7-32(28)42(44,45)46/h3-4,6-7,9-10,22,25-26H,5,8,11-21,23-24H2,1-2H3,(H,50,62)(H,51,63)(H,52,53). The number of hydrogen-bond acceptors (Lipinski definition) is 6. The van der Waals surface area contributed by atoms with Gasteiger partial charge >= 0.3 is 24.4 Å². The highest BCUT2D eigenvalue weighted by Gasteiger charge is 2.40. The Kier molecular flexibility index (Phi) is 11.9. The molecule has 0 saturated carbocycles. The Balaban J connectivity index is 1.03. The fraction of sp³-hybridized carbons (Fsp3) is 0.488. The average molecular weight is 883 g/mol. The van der Waals surface area contributed by atoms with E-state index in [2.05, 4.69) is 25.9 Å².